The summed E-state index contributed by atoms with van der Waals surface area (Å²) in [7, 11) is 5.81. The molecule has 1 saturated heterocycles. The van der Waals surface area contributed by atoms with E-state index in [2.05, 4.69) is 48.2 Å². The molecule has 4 aromatic carbocycles. The van der Waals surface area contributed by atoms with Crippen LogP contribution >= 0.6 is 0 Å². The van der Waals surface area contributed by atoms with Gasteiger partial charge in [-0.15, -0.1) is 0 Å². The van der Waals surface area contributed by atoms with Gasteiger partial charge in [-0.25, -0.2) is 0 Å². The quantitative estimate of drug-likeness (QED) is 0.192. The first kappa shape index (κ1) is 32.2. The van der Waals surface area contributed by atoms with Crippen LogP contribution in [0.4, 0.5) is 0 Å². The molecule has 0 spiro atoms. The number of hydrogen-bond donors (Lipinski definition) is 0. The molecular weight excluding hydrogens is 560 g/mol. The number of rotatable bonds is 13. The maximum atomic E-state index is 15.0. The van der Waals surface area contributed by atoms with E-state index in [4.69, 9.17) is 9.47 Å². The van der Waals surface area contributed by atoms with E-state index in [-0.39, 0.29) is 12.5 Å². The fourth-order valence-electron chi connectivity index (χ4n) is 6.49. The third-order valence-corrected chi connectivity index (χ3v) is 8.84. The number of carbonyl (C=O) groups is 1. The largest absolute Gasteiger partial charge is 0.496 e. The van der Waals surface area contributed by atoms with Gasteiger partial charge in [0.15, 0.2) is 5.41 Å². The molecule has 0 aromatic heterocycles. The standard InChI is InChI=1S/C38H44N4O3/c1-40(2)21-12-22-41-23-25-42(26-24-41)37(43)38(28-39,29-45-27-30-13-5-4-6-14-30)36(34-18-9-10-20-35(34)44-3)33-19-11-16-31-15-7-8-17-32(31)33/h4-11,13-20,36H,12,21-27,29H2,1-3H3. The Morgan fingerprint density at radius 2 is 1.56 bits per heavy atom. The summed E-state index contributed by atoms with van der Waals surface area (Å²) in [6, 6.07) is 34.4. The Bertz CT molecular complexity index is 1590. The monoisotopic (exact) mass is 604 g/mol. The zero-order valence-electron chi connectivity index (χ0n) is 26.7. The molecule has 45 heavy (non-hydrogen) atoms. The summed E-state index contributed by atoms with van der Waals surface area (Å²) in [6.07, 6.45) is 1.08. The lowest BCUT2D eigenvalue weighted by molar-refractivity contribution is -0.145. The molecule has 0 aliphatic carbocycles. The Kier molecular flexibility index (Phi) is 10.9. The fraction of sp³-hybridized carbons (Fsp3) is 0.368. The summed E-state index contributed by atoms with van der Waals surface area (Å²) in [4.78, 5) is 21.5. The van der Waals surface area contributed by atoms with Gasteiger partial charge < -0.3 is 19.3 Å². The number of amides is 1. The molecule has 234 valence electrons. The van der Waals surface area contributed by atoms with Crippen LogP contribution in [0.15, 0.2) is 97.1 Å². The van der Waals surface area contributed by atoms with E-state index in [0.717, 1.165) is 60.1 Å². The van der Waals surface area contributed by atoms with Gasteiger partial charge in [-0.05, 0) is 61.6 Å². The third-order valence-electron chi connectivity index (χ3n) is 8.84. The van der Waals surface area contributed by atoms with Crippen LogP contribution in [0.5, 0.6) is 5.75 Å². The molecular formula is C38H44N4O3. The summed E-state index contributed by atoms with van der Waals surface area (Å²) in [6.45, 7) is 4.94. The van der Waals surface area contributed by atoms with Crippen molar-refractivity contribution in [2.75, 3.05) is 67.1 Å². The third kappa shape index (κ3) is 7.37. The van der Waals surface area contributed by atoms with Crippen molar-refractivity contribution < 1.29 is 14.3 Å². The molecule has 1 aliphatic rings. The van der Waals surface area contributed by atoms with Crippen molar-refractivity contribution in [1.29, 1.82) is 5.26 Å². The highest BCUT2D eigenvalue weighted by Gasteiger charge is 2.52. The van der Waals surface area contributed by atoms with E-state index in [9.17, 15) is 10.1 Å². The van der Waals surface area contributed by atoms with Crippen LogP contribution in [0, 0.1) is 16.7 Å². The number of nitrogens with zero attached hydrogens (tertiary/aromatic N) is 4. The molecule has 1 aliphatic heterocycles. The van der Waals surface area contributed by atoms with Crippen LogP contribution in [0.1, 0.15) is 29.0 Å². The van der Waals surface area contributed by atoms with Crippen LogP contribution < -0.4 is 4.74 Å². The number of para-hydroxylation sites is 1. The van der Waals surface area contributed by atoms with Crippen molar-refractivity contribution in [3.05, 3.63) is 114 Å². The Labute approximate surface area is 267 Å². The number of piperazine rings is 1. The van der Waals surface area contributed by atoms with Crippen molar-refractivity contribution in [2.24, 2.45) is 5.41 Å². The van der Waals surface area contributed by atoms with Crippen molar-refractivity contribution in [2.45, 2.75) is 18.9 Å². The molecule has 4 aromatic rings. The lowest BCUT2D eigenvalue weighted by atomic mass is 9.67. The number of benzene rings is 4. The van der Waals surface area contributed by atoms with Crippen LogP contribution in [-0.4, -0.2) is 87.7 Å². The minimum absolute atomic E-state index is 0.0633. The highest BCUT2D eigenvalue weighted by Crippen LogP contribution is 2.48. The van der Waals surface area contributed by atoms with E-state index in [1.54, 1.807) is 7.11 Å². The predicted octanol–water partition coefficient (Wildman–Crippen LogP) is 5.80. The molecule has 1 fully saturated rings. The van der Waals surface area contributed by atoms with E-state index in [1.807, 2.05) is 83.8 Å². The zero-order valence-corrected chi connectivity index (χ0v) is 26.7. The van der Waals surface area contributed by atoms with Crippen molar-refractivity contribution in [3.8, 4) is 11.8 Å². The van der Waals surface area contributed by atoms with Crippen molar-refractivity contribution in [1.82, 2.24) is 14.7 Å². The fourth-order valence-corrected chi connectivity index (χ4v) is 6.49. The van der Waals surface area contributed by atoms with E-state index < -0.39 is 11.3 Å². The average molecular weight is 605 g/mol. The molecule has 7 nitrogen and oxygen atoms in total. The Hall–Kier alpha value is -4.22. The number of carbonyl (C=O) groups excluding carboxylic acids is 1. The maximum Gasteiger partial charge on any atom is 0.246 e. The van der Waals surface area contributed by atoms with E-state index >= 15 is 0 Å². The lowest BCUT2D eigenvalue weighted by Crippen LogP contribution is -2.56. The summed E-state index contributed by atoms with van der Waals surface area (Å²) in [5.74, 6) is -0.211. The minimum atomic E-state index is -1.55. The first-order valence-electron chi connectivity index (χ1n) is 15.8. The van der Waals surface area contributed by atoms with Gasteiger partial charge in [0.05, 0.1) is 26.4 Å². The second-order valence-corrected chi connectivity index (χ2v) is 12.1. The van der Waals surface area contributed by atoms with Crippen LogP contribution in [0.3, 0.4) is 0 Å². The van der Waals surface area contributed by atoms with Crippen LogP contribution in [-0.2, 0) is 16.1 Å². The van der Waals surface area contributed by atoms with Gasteiger partial charge >= 0.3 is 0 Å². The summed E-state index contributed by atoms with van der Waals surface area (Å²) in [5.41, 5.74) is 1.12. The molecule has 1 heterocycles. The molecule has 2 unspecified atom stereocenters. The molecule has 7 heteroatoms. The first-order valence-corrected chi connectivity index (χ1v) is 15.8. The molecule has 0 bridgehead atoms. The summed E-state index contributed by atoms with van der Waals surface area (Å²) < 4.78 is 12.3. The molecule has 0 N–H and O–H groups in total. The Balaban J connectivity index is 1.57. The predicted molar refractivity (Wildman–Crippen MR) is 179 cm³/mol. The molecule has 1 amide bonds. The van der Waals surface area contributed by atoms with Gasteiger partial charge in [-0.3, -0.25) is 9.69 Å². The van der Waals surface area contributed by atoms with Crippen molar-refractivity contribution in [3.63, 3.8) is 0 Å². The molecule has 0 radical (unpaired) electrons. The molecule has 5 rings (SSSR count). The average Bonchev–Trinajstić information content (AvgIpc) is 3.08. The summed E-state index contributed by atoms with van der Waals surface area (Å²) >= 11 is 0. The van der Waals surface area contributed by atoms with Crippen molar-refractivity contribution >= 4 is 16.7 Å². The number of nitriles is 1. The maximum absolute atomic E-state index is 15.0. The second-order valence-electron chi connectivity index (χ2n) is 12.1. The SMILES string of the molecule is COc1ccccc1C(c1cccc2ccccc12)C(C#N)(COCc1ccccc1)C(=O)N1CCN(CCCN(C)C)CC1. The zero-order chi connectivity index (χ0) is 31.6. The molecule has 0 saturated carbocycles. The first-order chi connectivity index (χ1) is 22.0. The lowest BCUT2D eigenvalue weighted by Gasteiger charge is -2.42. The smallest absolute Gasteiger partial charge is 0.246 e. The Morgan fingerprint density at radius 1 is 0.889 bits per heavy atom. The number of ether oxygens (including phenoxy) is 2. The van der Waals surface area contributed by atoms with Crippen LogP contribution in [0.2, 0.25) is 0 Å². The topological polar surface area (TPSA) is 69.0 Å². The van der Waals surface area contributed by atoms with E-state index in [0.29, 0.717) is 25.4 Å². The number of hydrogen-bond acceptors (Lipinski definition) is 6. The van der Waals surface area contributed by atoms with E-state index in [1.165, 1.54) is 0 Å². The Morgan fingerprint density at radius 3 is 2.29 bits per heavy atom. The van der Waals surface area contributed by atoms with Gasteiger partial charge in [0.1, 0.15) is 5.75 Å². The van der Waals surface area contributed by atoms with Gasteiger partial charge in [-0.1, -0.05) is 91.0 Å². The highest BCUT2D eigenvalue weighted by atomic mass is 16.5. The normalized spacial score (nSPS) is 15.8. The molecule has 2 atom stereocenters. The number of fused-ring (bicyclic) bond motifs is 1. The van der Waals surface area contributed by atoms with Gasteiger partial charge in [0.2, 0.25) is 5.91 Å². The van der Waals surface area contributed by atoms with Crippen LogP contribution in [0.25, 0.3) is 10.8 Å². The van der Waals surface area contributed by atoms with Gasteiger partial charge in [0, 0.05) is 37.7 Å². The van der Waals surface area contributed by atoms with Gasteiger partial charge in [-0.2, -0.15) is 5.26 Å². The van der Waals surface area contributed by atoms with Gasteiger partial charge in [0.25, 0.3) is 0 Å². The minimum Gasteiger partial charge on any atom is -0.496 e. The number of methoxy groups -OCH3 is 1. The summed E-state index contributed by atoms with van der Waals surface area (Å²) in [5, 5.41) is 13.3. The second kappa shape index (κ2) is 15.2. The highest BCUT2D eigenvalue weighted by molar-refractivity contribution is 5.92.